The van der Waals surface area contributed by atoms with E-state index >= 15 is 0 Å². The van der Waals surface area contributed by atoms with Gasteiger partial charge < -0.3 is 15.6 Å². The number of hydrogen-bond donors (Lipinski definition) is 2. The van der Waals surface area contributed by atoms with Crippen LogP contribution in [0.2, 0.25) is 0 Å². The van der Waals surface area contributed by atoms with Crippen LogP contribution in [0, 0.1) is 0 Å². The van der Waals surface area contributed by atoms with Crippen LogP contribution in [-0.4, -0.2) is 20.9 Å². The second kappa shape index (κ2) is 4.17. The summed E-state index contributed by atoms with van der Waals surface area (Å²) in [5, 5.41) is 12.9. The van der Waals surface area contributed by atoms with Crippen LogP contribution < -0.4 is 10.5 Å². The van der Waals surface area contributed by atoms with Crippen molar-refractivity contribution in [2.45, 2.75) is 0 Å². The van der Waals surface area contributed by atoms with Crippen LogP contribution in [0.25, 0.3) is 0 Å². The van der Waals surface area contributed by atoms with E-state index in [9.17, 15) is 4.79 Å². The molecule has 17 heavy (non-hydrogen) atoms. The van der Waals surface area contributed by atoms with Gasteiger partial charge in [0.1, 0.15) is 11.5 Å². The zero-order valence-electron chi connectivity index (χ0n) is 9.12. The number of hydrogen-bond acceptors (Lipinski definition) is 5. The van der Waals surface area contributed by atoms with Crippen LogP contribution in [-0.2, 0) is 7.05 Å². The van der Waals surface area contributed by atoms with Crippen LogP contribution in [0.3, 0.4) is 0 Å². The molecule has 0 unspecified atom stereocenters. The van der Waals surface area contributed by atoms with Crippen molar-refractivity contribution in [2.75, 3.05) is 5.73 Å². The van der Waals surface area contributed by atoms with E-state index in [1.165, 1.54) is 35.1 Å². The molecule has 0 radical (unpaired) electrons. The maximum Gasteiger partial charge on any atom is 0.364 e. The number of aromatic nitrogens is 2. The zero-order valence-corrected chi connectivity index (χ0v) is 9.12. The molecule has 2 aromatic rings. The number of anilines is 1. The van der Waals surface area contributed by atoms with Gasteiger partial charge in [0.05, 0.1) is 11.9 Å². The van der Waals surface area contributed by atoms with E-state index in [-0.39, 0.29) is 17.1 Å². The smallest absolute Gasteiger partial charge is 0.364 e. The maximum absolute atomic E-state index is 11.8. The minimum Gasteiger partial charge on any atom is -0.508 e. The normalized spacial score (nSPS) is 10.2. The van der Waals surface area contributed by atoms with E-state index in [4.69, 9.17) is 15.6 Å². The quantitative estimate of drug-likeness (QED) is 0.594. The highest BCUT2D eigenvalue weighted by Gasteiger charge is 2.17. The lowest BCUT2D eigenvalue weighted by Crippen LogP contribution is -2.15. The molecule has 1 aromatic heterocycles. The molecule has 0 fully saturated rings. The molecule has 1 aromatic carbocycles. The van der Waals surface area contributed by atoms with Gasteiger partial charge in [-0.15, -0.1) is 0 Å². The second-order valence-corrected chi connectivity index (χ2v) is 3.46. The van der Waals surface area contributed by atoms with Gasteiger partial charge in [0, 0.05) is 7.05 Å². The monoisotopic (exact) mass is 233 g/mol. The number of rotatable bonds is 2. The lowest BCUT2D eigenvalue weighted by molar-refractivity contribution is 0.0724. The fourth-order valence-electron chi connectivity index (χ4n) is 1.37. The van der Waals surface area contributed by atoms with Crippen molar-refractivity contribution in [2.24, 2.45) is 7.05 Å². The van der Waals surface area contributed by atoms with Crippen LogP contribution in [0.15, 0.2) is 30.5 Å². The van der Waals surface area contributed by atoms with Crippen molar-refractivity contribution in [3.63, 3.8) is 0 Å². The number of phenols is 1. The highest BCUT2D eigenvalue weighted by atomic mass is 16.5. The molecule has 88 valence electrons. The lowest BCUT2D eigenvalue weighted by Gasteiger charge is -2.05. The maximum atomic E-state index is 11.8. The van der Waals surface area contributed by atoms with Gasteiger partial charge in [0.2, 0.25) is 0 Å². The van der Waals surface area contributed by atoms with Crippen LogP contribution >= 0.6 is 0 Å². The first kappa shape index (κ1) is 11.0. The van der Waals surface area contributed by atoms with Gasteiger partial charge in [-0.25, -0.2) is 4.79 Å². The van der Waals surface area contributed by atoms with Crippen molar-refractivity contribution in [3.8, 4) is 11.5 Å². The third kappa shape index (κ3) is 2.20. The van der Waals surface area contributed by atoms with Crippen molar-refractivity contribution >= 4 is 11.7 Å². The average Bonchev–Trinajstić information content (AvgIpc) is 2.62. The summed E-state index contributed by atoms with van der Waals surface area (Å²) >= 11 is 0. The molecule has 6 nitrogen and oxygen atoms in total. The Morgan fingerprint density at radius 3 is 2.59 bits per heavy atom. The minimum atomic E-state index is -0.590. The SMILES string of the molecule is Cn1ncc(N)c1C(=O)Oc1ccc(O)cc1. The van der Waals surface area contributed by atoms with Gasteiger partial charge in [0.15, 0.2) is 5.69 Å². The molecular formula is C11H11N3O3. The number of nitrogens with zero attached hydrogens (tertiary/aromatic N) is 2. The molecule has 0 aliphatic heterocycles. The molecule has 6 heteroatoms. The number of carbonyl (C=O) groups excluding carboxylic acids is 1. The Hall–Kier alpha value is -2.50. The highest BCUT2D eigenvalue weighted by molar-refractivity contribution is 5.94. The van der Waals surface area contributed by atoms with E-state index in [1.807, 2.05) is 0 Å². The molecule has 0 saturated carbocycles. The zero-order chi connectivity index (χ0) is 12.4. The molecule has 2 rings (SSSR count). The molecule has 1 heterocycles. The molecule has 3 N–H and O–H groups in total. The Morgan fingerprint density at radius 1 is 1.41 bits per heavy atom. The minimum absolute atomic E-state index is 0.102. The molecular weight excluding hydrogens is 222 g/mol. The summed E-state index contributed by atoms with van der Waals surface area (Å²) in [6, 6.07) is 5.82. The Kier molecular flexibility index (Phi) is 2.70. The van der Waals surface area contributed by atoms with E-state index in [0.29, 0.717) is 5.75 Å². The van der Waals surface area contributed by atoms with Gasteiger partial charge in [-0.1, -0.05) is 0 Å². The number of nitrogen functional groups attached to an aromatic ring is 1. The van der Waals surface area contributed by atoms with E-state index < -0.39 is 5.97 Å². The summed E-state index contributed by atoms with van der Waals surface area (Å²) in [7, 11) is 1.60. The average molecular weight is 233 g/mol. The van der Waals surface area contributed by atoms with Gasteiger partial charge in [-0.2, -0.15) is 5.10 Å². The van der Waals surface area contributed by atoms with E-state index in [1.54, 1.807) is 7.05 Å². The van der Waals surface area contributed by atoms with Crippen LogP contribution in [0.1, 0.15) is 10.5 Å². The van der Waals surface area contributed by atoms with E-state index in [2.05, 4.69) is 5.10 Å². The summed E-state index contributed by atoms with van der Waals surface area (Å²) in [5.74, 6) is -0.161. The summed E-state index contributed by atoms with van der Waals surface area (Å²) in [5.41, 5.74) is 6.05. The first-order chi connectivity index (χ1) is 8.08. The van der Waals surface area contributed by atoms with Gasteiger partial charge in [-0.05, 0) is 24.3 Å². The first-order valence-corrected chi connectivity index (χ1v) is 4.86. The summed E-state index contributed by atoms with van der Waals surface area (Å²) in [6.07, 6.45) is 1.38. The van der Waals surface area contributed by atoms with Crippen molar-refractivity contribution in [1.29, 1.82) is 0 Å². The Labute approximate surface area is 97.2 Å². The van der Waals surface area contributed by atoms with Crippen molar-refractivity contribution in [1.82, 2.24) is 9.78 Å². The molecule has 0 aliphatic carbocycles. The number of phenolic OH excluding ortho intramolecular Hbond substituents is 1. The first-order valence-electron chi connectivity index (χ1n) is 4.86. The van der Waals surface area contributed by atoms with Gasteiger partial charge >= 0.3 is 5.97 Å². The standard InChI is InChI=1S/C11H11N3O3/c1-14-10(9(12)6-13-14)11(16)17-8-4-2-7(15)3-5-8/h2-6,15H,12H2,1H3. The molecule has 0 saturated heterocycles. The molecule has 0 bridgehead atoms. The molecule has 0 atom stereocenters. The third-order valence-electron chi connectivity index (χ3n) is 2.21. The Morgan fingerprint density at radius 2 is 2.06 bits per heavy atom. The third-order valence-corrected chi connectivity index (χ3v) is 2.21. The fraction of sp³-hybridized carbons (Fsp3) is 0.0909. The predicted octanol–water partition coefficient (Wildman–Crippen LogP) is 0.927. The number of esters is 1. The number of nitrogens with two attached hydrogens (primary N) is 1. The van der Waals surface area contributed by atoms with E-state index in [0.717, 1.165) is 0 Å². The van der Waals surface area contributed by atoms with Crippen LogP contribution in [0.5, 0.6) is 11.5 Å². The van der Waals surface area contributed by atoms with Gasteiger partial charge in [-0.3, -0.25) is 4.68 Å². The number of aryl methyl sites for hydroxylation is 1. The fourth-order valence-corrected chi connectivity index (χ4v) is 1.37. The number of aromatic hydroxyl groups is 1. The largest absolute Gasteiger partial charge is 0.508 e. The molecule has 0 amide bonds. The van der Waals surface area contributed by atoms with Gasteiger partial charge in [0.25, 0.3) is 0 Å². The predicted molar refractivity (Wildman–Crippen MR) is 60.7 cm³/mol. The second-order valence-electron chi connectivity index (χ2n) is 3.46. The van der Waals surface area contributed by atoms with Crippen molar-refractivity contribution in [3.05, 3.63) is 36.2 Å². The number of benzene rings is 1. The Bertz CT molecular complexity index is 526. The van der Waals surface area contributed by atoms with Crippen molar-refractivity contribution < 1.29 is 14.6 Å². The summed E-state index contributed by atoms with van der Waals surface area (Å²) in [6.45, 7) is 0. The number of ether oxygens (including phenoxy) is 1. The van der Waals surface area contributed by atoms with Crippen LogP contribution in [0.4, 0.5) is 5.69 Å². The molecule has 0 aliphatic rings. The number of carbonyl (C=O) groups is 1. The Balaban J connectivity index is 2.20. The summed E-state index contributed by atoms with van der Waals surface area (Å²) in [4.78, 5) is 11.8. The molecule has 0 spiro atoms. The summed E-state index contributed by atoms with van der Waals surface area (Å²) < 4.78 is 6.43. The topological polar surface area (TPSA) is 90.4 Å². The highest BCUT2D eigenvalue weighted by Crippen LogP contribution is 2.18. The lowest BCUT2D eigenvalue weighted by atomic mass is 10.3.